The molecule has 0 saturated carbocycles. The molecule has 0 saturated heterocycles. The van der Waals surface area contributed by atoms with E-state index in [0.717, 1.165) is 22.6 Å². The zero-order valence-electron chi connectivity index (χ0n) is 21.1. The first-order chi connectivity index (χ1) is 17.7. The van der Waals surface area contributed by atoms with Crippen LogP contribution in [0.5, 0.6) is 0 Å². The average Bonchev–Trinajstić information content (AvgIpc) is 2.87. The first-order valence-corrected chi connectivity index (χ1v) is 11.9. The van der Waals surface area contributed by atoms with Crippen LogP contribution in [0.4, 0.5) is 31.0 Å². The van der Waals surface area contributed by atoms with Crippen molar-refractivity contribution in [3.8, 4) is 11.3 Å². The minimum atomic E-state index is -0.906. The molecule has 37 heavy (non-hydrogen) atoms. The number of hydrogen-bond donors (Lipinski definition) is 4. The molecule has 11 heteroatoms. The van der Waals surface area contributed by atoms with Gasteiger partial charge in [0.2, 0.25) is 5.95 Å². The van der Waals surface area contributed by atoms with Gasteiger partial charge in [-0.25, -0.2) is 23.5 Å². The van der Waals surface area contributed by atoms with E-state index in [1.54, 1.807) is 18.2 Å². The van der Waals surface area contributed by atoms with Crippen LogP contribution in [0.25, 0.3) is 11.3 Å². The van der Waals surface area contributed by atoms with Crippen LogP contribution in [0.2, 0.25) is 0 Å². The van der Waals surface area contributed by atoms with Gasteiger partial charge in [0, 0.05) is 42.9 Å². The van der Waals surface area contributed by atoms with Crippen molar-refractivity contribution < 1.29 is 18.4 Å². The van der Waals surface area contributed by atoms with Crippen molar-refractivity contribution in [1.82, 2.24) is 25.9 Å². The second kappa shape index (κ2) is 10.9. The number of aryl methyl sites for hydroxylation is 1. The summed E-state index contributed by atoms with van der Waals surface area (Å²) in [5.74, 6) is -1.85. The number of amides is 3. The number of urea groups is 1. The third-order valence-corrected chi connectivity index (χ3v) is 5.92. The highest BCUT2D eigenvalue weighted by Gasteiger charge is 2.34. The summed E-state index contributed by atoms with van der Waals surface area (Å²) in [5, 5.41) is 11.7. The Labute approximate surface area is 213 Å². The number of para-hydroxylation sites is 1. The van der Waals surface area contributed by atoms with Crippen molar-refractivity contribution >= 4 is 29.4 Å². The normalized spacial score (nSPS) is 12.8. The molecule has 194 valence electrons. The van der Waals surface area contributed by atoms with Crippen molar-refractivity contribution in [1.29, 1.82) is 0 Å². The molecule has 0 aliphatic carbocycles. The number of nitrogens with one attached hydrogen (secondary N) is 4. The lowest BCUT2D eigenvalue weighted by Gasteiger charge is -2.31. The first kappa shape index (κ1) is 26.0. The highest BCUT2D eigenvalue weighted by Crippen LogP contribution is 2.39. The molecule has 0 fully saturated rings. The number of halogens is 2. The summed E-state index contributed by atoms with van der Waals surface area (Å²) in [6.07, 6.45) is 0. The zero-order chi connectivity index (χ0) is 26.7. The second-order valence-electron chi connectivity index (χ2n) is 8.91. The molecule has 0 bridgehead atoms. The molecule has 4 N–H and O–H groups in total. The minimum absolute atomic E-state index is 0.0366. The van der Waals surface area contributed by atoms with E-state index in [0.29, 0.717) is 35.5 Å². The van der Waals surface area contributed by atoms with Crippen molar-refractivity contribution in [2.45, 2.75) is 33.4 Å². The fraction of sp³-hybridized carbons (Fsp3) is 0.308. The monoisotopic (exact) mass is 509 g/mol. The maximum Gasteiger partial charge on any atom is 0.328 e. The predicted octanol–water partition coefficient (Wildman–Crippen LogP) is 3.86. The molecule has 0 spiro atoms. The van der Waals surface area contributed by atoms with Crippen LogP contribution in [0.15, 0.2) is 36.4 Å². The Hall–Kier alpha value is -4.12. The van der Waals surface area contributed by atoms with Gasteiger partial charge in [-0.05, 0) is 36.8 Å². The molecule has 1 aromatic heterocycles. The van der Waals surface area contributed by atoms with Crippen molar-refractivity contribution in [3.05, 3.63) is 64.7 Å². The lowest BCUT2D eigenvalue weighted by Crippen LogP contribution is -2.43. The van der Waals surface area contributed by atoms with Gasteiger partial charge in [0.25, 0.3) is 5.91 Å². The van der Waals surface area contributed by atoms with Crippen LogP contribution >= 0.6 is 0 Å². The molecule has 1 aliphatic heterocycles. The Bertz CT molecular complexity index is 1330. The fourth-order valence-electron chi connectivity index (χ4n) is 4.07. The van der Waals surface area contributed by atoms with Gasteiger partial charge in [0.15, 0.2) is 5.82 Å². The van der Waals surface area contributed by atoms with E-state index < -0.39 is 23.4 Å². The molecular weight excluding hydrogens is 480 g/mol. The largest absolute Gasteiger partial charge is 0.355 e. The van der Waals surface area contributed by atoms with Gasteiger partial charge < -0.3 is 21.3 Å². The maximum absolute atomic E-state index is 14.8. The van der Waals surface area contributed by atoms with E-state index in [4.69, 9.17) is 4.98 Å². The highest BCUT2D eigenvalue weighted by atomic mass is 19.1. The van der Waals surface area contributed by atoms with Gasteiger partial charge in [0.1, 0.15) is 17.3 Å². The van der Waals surface area contributed by atoms with E-state index in [-0.39, 0.29) is 30.3 Å². The van der Waals surface area contributed by atoms with E-state index >= 15 is 0 Å². The van der Waals surface area contributed by atoms with Gasteiger partial charge in [0.05, 0.1) is 12.2 Å². The lowest BCUT2D eigenvalue weighted by molar-refractivity contribution is 0.0963. The third-order valence-electron chi connectivity index (χ3n) is 5.92. The summed E-state index contributed by atoms with van der Waals surface area (Å²) >= 11 is 0. The quantitative estimate of drug-likeness (QED) is 0.343. The van der Waals surface area contributed by atoms with E-state index in [2.05, 4.69) is 26.3 Å². The van der Waals surface area contributed by atoms with Crippen LogP contribution < -0.4 is 26.2 Å². The Kier molecular flexibility index (Phi) is 7.63. The number of carbonyl (C=O) groups is 2. The third kappa shape index (κ3) is 5.36. The summed E-state index contributed by atoms with van der Waals surface area (Å²) in [5.41, 5.74) is 2.24. The Morgan fingerprint density at radius 2 is 1.86 bits per heavy atom. The van der Waals surface area contributed by atoms with Crippen LogP contribution in [0.3, 0.4) is 0 Å². The molecule has 0 atom stereocenters. The predicted molar refractivity (Wildman–Crippen MR) is 138 cm³/mol. The van der Waals surface area contributed by atoms with Crippen molar-refractivity contribution in [2.75, 3.05) is 30.4 Å². The molecule has 4 rings (SSSR count). The molecule has 2 aromatic carbocycles. The van der Waals surface area contributed by atoms with Crippen LogP contribution in [0, 0.1) is 18.6 Å². The summed E-state index contributed by atoms with van der Waals surface area (Å²) in [7, 11) is 1.54. The minimum Gasteiger partial charge on any atom is -0.355 e. The van der Waals surface area contributed by atoms with E-state index in [9.17, 15) is 18.4 Å². The van der Waals surface area contributed by atoms with Crippen LogP contribution in [-0.2, 0) is 6.54 Å². The number of fused-ring (bicyclic) bond motifs is 1. The fourth-order valence-corrected chi connectivity index (χ4v) is 4.07. The summed E-state index contributed by atoms with van der Waals surface area (Å²) in [4.78, 5) is 35.4. The highest BCUT2D eigenvalue weighted by molar-refractivity contribution is 6.02. The molecule has 0 unspecified atom stereocenters. The molecule has 0 radical (unpaired) electrons. The second-order valence-corrected chi connectivity index (χ2v) is 8.91. The Balaban J connectivity index is 1.90. The van der Waals surface area contributed by atoms with Gasteiger partial charge in [-0.2, -0.15) is 4.98 Å². The van der Waals surface area contributed by atoms with Crippen LogP contribution in [-0.4, -0.2) is 48.1 Å². The van der Waals surface area contributed by atoms with Gasteiger partial charge in [-0.15, -0.1) is 0 Å². The van der Waals surface area contributed by atoms with Gasteiger partial charge in [-0.3, -0.25) is 4.79 Å². The Morgan fingerprint density at radius 1 is 1.14 bits per heavy atom. The number of anilines is 3. The zero-order valence-corrected chi connectivity index (χ0v) is 21.1. The number of hydrogen-bond acceptors (Lipinski definition) is 6. The molecule has 2 heterocycles. The van der Waals surface area contributed by atoms with Gasteiger partial charge >= 0.3 is 6.03 Å². The van der Waals surface area contributed by atoms with E-state index in [1.807, 2.05) is 20.8 Å². The number of nitrogens with zero attached hydrogens (tertiary/aromatic N) is 3. The number of rotatable bonds is 8. The number of benzene rings is 2. The topological polar surface area (TPSA) is 111 Å². The molecule has 1 aliphatic rings. The first-order valence-electron chi connectivity index (χ1n) is 11.9. The smallest absolute Gasteiger partial charge is 0.328 e. The van der Waals surface area contributed by atoms with Crippen molar-refractivity contribution in [3.63, 3.8) is 0 Å². The lowest BCUT2D eigenvalue weighted by atomic mass is 9.97. The number of aromatic nitrogens is 2. The van der Waals surface area contributed by atoms with Crippen molar-refractivity contribution in [2.24, 2.45) is 0 Å². The van der Waals surface area contributed by atoms with Gasteiger partial charge in [-0.1, -0.05) is 26.0 Å². The SMILES string of the molecule is CNC(=O)c1ccc(C)c(-c2nc(NCCNC(C)C)nc3c2CNC(=O)N3c2c(F)cccc2F)c1. The summed E-state index contributed by atoms with van der Waals surface area (Å²) in [6.45, 7) is 7.03. The number of carbonyl (C=O) groups excluding carboxylic acids is 2. The molecule has 9 nitrogen and oxygen atoms in total. The molecule has 3 amide bonds. The molecule has 3 aromatic rings. The standard InChI is InChI=1S/C26H29F2N7O2/c1-14(2)30-10-11-31-25-33-21(17-12-16(24(36)29-4)9-8-15(17)3)18-13-32-26(37)35(23(18)34-25)22-19(27)6-5-7-20(22)28/h5-9,12,14,30H,10-11,13H2,1-4H3,(H,29,36)(H,32,37)(H,31,33,34). The molecular formula is C26H29F2N7O2. The maximum atomic E-state index is 14.8. The summed E-state index contributed by atoms with van der Waals surface area (Å²) in [6, 6.07) is 8.14. The average molecular weight is 510 g/mol. The Morgan fingerprint density at radius 3 is 2.54 bits per heavy atom. The van der Waals surface area contributed by atoms with Crippen LogP contribution in [0.1, 0.15) is 35.3 Å². The van der Waals surface area contributed by atoms with E-state index in [1.165, 1.54) is 13.1 Å². The summed E-state index contributed by atoms with van der Waals surface area (Å²) < 4.78 is 29.6.